The van der Waals surface area contributed by atoms with Gasteiger partial charge in [0.2, 0.25) is 0 Å². The first kappa shape index (κ1) is 23.0. The third-order valence-electron chi connectivity index (χ3n) is 7.29. The third-order valence-corrected chi connectivity index (χ3v) is 7.29. The second-order valence-electron chi connectivity index (χ2n) is 9.19. The van der Waals surface area contributed by atoms with Crippen molar-refractivity contribution in [3.63, 3.8) is 0 Å². The minimum absolute atomic E-state index is 0.114. The van der Waals surface area contributed by atoms with Crippen LogP contribution in [0.3, 0.4) is 0 Å². The Morgan fingerprint density at radius 2 is 1.86 bits per heavy atom. The van der Waals surface area contributed by atoms with Crippen molar-refractivity contribution >= 4 is 11.8 Å². The zero-order valence-corrected chi connectivity index (χ0v) is 20.8. The van der Waals surface area contributed by atoms with Crippen LogP contribution in [0.25, 0.3) is 11.1 Å². The molecule has 0 saturated carbocycles. The Morgan fingerprint density at radius 1 is 1.08 bits per heavy atom. The minimum Gasteiger partial charge on any atom is -0.494 e. The number of nitrogens with zero attached hydrogens (tertiary/aromatic N) is 5. The summed E-state index contributed by atoms with van der Waals surface area (Å²) in [5.74, 6) is 0.421. The Labute approximate surface area is 214 Å². The van der Waals surface area contributed by atoms with Crippen molar-refractivity contribution in [2.75, 3.05) is 19.7 Å². The van der Waals surface area contributed by atoms with Crippen molar-refractivity contribution in [1.29, 1.82) is 0 Å². The summed E-state index contributed by atoms with van der Waals surface area (Å²) in [6.07, 6.45) is 7.43. The number of hydrogen-bond acceptors (Lipinski definition) is 6. The van der Waals surface area contributed by atoms with Gasteiger partial charge in [0.1, 0.15) is 23.3 Å². The van der Waals surface area contributed by atoms with Gasteiger partial charge in [0.15, 0.2) is 5.66 Å². The summed E-state index contributed by atoms with van der Waals surface area (Å²) in [5, 5.41) is 4.02. The molecule has 6 rings (SSSR count). The van der Waals surface area contributed by atoms with Crippen LogP contribution in [0.5, 0.6) is 5.75 Å². The van der Waals surface area contributed by atoms with E-state index in [1.165, 1.54) is 6.26 Å². The average molecular weight is 498 g/mol. The molecule has 1 fully saturated rings. The van der Waals surface area contributed by atoms with Gasteiger partial charge in [-0.3, -0.25) is 14.6 Å². The Bertz CT molecular complexity index is 1460. The molecule has 37 heavy (non-hydrogen) atoms. The molecular weight excluding hydrogens is 470 g/mol. The summed E-state index contributed by atoms with van der Waals surface area (Å²) in [6.45, 7) is 5.63. The first-order valence-corrected chi connectivity index (χ1v) is 12.5. The number of amides is 2. The van der Waals surface area contributed by atoms with Crippen molar-refractivity contribution in [2.24, 2.45) is 0 Å². The number of aryl methyl sites for hydroxylation is 1. The maximum absolute atomic E-state index is 14.0. The molecule has 4 aromatic rings. The molecule has 9 heteroatoms. The number of hydrogen-bond donors (Lipinski definition) is 0. The van der Waals surface area contributed by atoms with Crippen LogP contribution in [0, 0.1) is 0 Å². The van der Waals surface area contributed by atoms with Crippen LogP contribution in [-0.2, 0) is 18.6 Å². The monoisotopic (exact) mass is 497 g/mol. The maximum atomic E-state index is 14.0. The van der Waals surface area contributed by atoms with Crippen LogP contribution in [0.1, 0.15) is 46.0 Å². The summed E-state index contributed by atoms with van der Waals surface area (Å²) >= 11 is 0. The summed E-state index contributed by atoms with van der Waals surface area (Å²) in [5.41, 5.74) is 3.37. The Kier molecular flexibility index (Phi) is 5.55. The molecule has 0 radical (unpaired) electrons. The van der Waals surface area contributed by atoms with Gasteiger partial charge in [0.05, 0.1) is 18.8 Å². The van der Waals surface area contributed by atoms with Crippen molar-refractivity contribution < 1.29 is 18.8 Å². The van der Waals surface area contributed by atoms with Crippen molar-refractivity contribution in [1.82, 2.24) is 24.5 Å². The summed E-state index contributed by atoms with van der Waals surface area (Å²) in [4.78, 5) is 35.7. The molecule has 0 spiro atoms. The van der Waals surface area contributed by atoms with Crippen molar-refractivity contribution in [3.05, 3.63) is 89.8 Å². The van der Waals surface area contributed by atoms with E-state index in [1.807, 2.05) is 72.0 Å². The van der Waals surface area contributed by atoms with E-state index in [2.05, 4.69) is 10.1 Å². The van der Waals surface area contributed by atoms with Crippen LogP contribution >= 0.6 is 0 Å². The van der Waals surface area contributed by atoms with E-state index in [9.17, 15) is 9.59 Å². The zero-order valence-electron chi connectivity index (χ0n) is 20.8. The molecule has 3 aromatic heterocycles. The first-order chi connectivity index (χ1) is 18.1. The predicted molar refractivity (Wildman–Crippen MR) is 135 cm³/mol. The highest BCUT2D eigenvalue weighted by Crippen LogP contribution is 2.45. The second kappa shape index (κ2) is 8.92. The van der Waals surface area contributed by atoms with E-state index in [4.69, 9.17) is 9.26 Å². The summed E-state index contributed by atoms with van der Waals surface area (Å²) in [6, 6.07) is 13.4. The molecule has 0 N–H and O–H groups in total. The highest BCUT2D eigenvalue weighted by atomic mass is 16.5. The molecule has 1 aromatic carbocycles. The molecule has 0 aliphatic carbocycles. The largest absolute Gasteiger partial charge is 0.494 e. The molecule has 1 atom stereocenters. The molecule has 5 heterocycles. The molecule has 188 valence electrons. The lowest BCUT2D eigenvalue weighted by atomic mass is 9.93. The molecule has 2 amide bonds. The van der Waals surface area contributed by atoms with Gasteiger partial charge >= 0.3 is 0 Å². The number of carbonyl (C=O) groups excluding carboxylic acids is 2. The van der Waals surface area contributed by atoms with Gasteiger partial charge in [-0.05, 0) is 49.2 Å². The van der Waals surface area contributed by atoms with Gasteiger partial charge in [0.25, 0.3) is 11.8 Å². The van der Waals surface area contributed by atoms with Gasteiger partial charge in [0, 0.05) is 42.8 Å². The molecule has 2 aliphatic rings. The lowest BCUT2D eigenvalue weighted by molar-refractivity contribution is -0.00599. The normalized spacial score (nSPS) is 18.6. The number of benzene rings is 1. The number of carbonyl (C=O) groups is 2. The van der Waals surface area contributed by atoms with Crippen LogP contribution in [0.15, 0.2) is 71.8 Å². The van der Waals surface area contributed by atoms with E-state index in [1.54, 1.807) is 17.3 Å². The average Bonchev–Trinajstić information content (AvgIpc) is 3.67. The standard InChI is InChI=1S/C28H27N5O4/c1-3-24-23(17-37-30-24)26(34)32-13-14-33-27(35)25-15-20(19-9-11-29-12-10-19)16-31(25)18-28(32,33)21-5-7-22(8-6-21)36-4-2/h5-12,15-17H,3-4,13-14,18H2,1-2H3. The van der Waals surface area contributed by atoms with Crippen LogP contribution in [-0.4, -0.2) is 56.0 Å². The minimum atomic E-state index is -1.01. The number of ether oxygens (including phenoxy) is 1. The Balaban J connectivity index is 1.49. The fraction of sp³-hybridized carbons (Fsp3) is 0.286. The first-order valence-electron chi connectivity index (χ1n) is 12.5. The van der Waals surface area contributed by atoms with Gasteiger partial charge in [-0.25, -0.2) is 0 Å². The number of fused-ring (bicyclic) bond motifs is 2. The highest BCUT2D eigenvalue weighted by molar-refractivity contribution is 5.99. The smallest absolute Gasteiger partial charge is 0.272 e. The molecular formula is C28H27N5O4. The van der Waals surface area contributed by atoms with Gasteiger partial charge in [-0.2, -0.15) is 0 Å². The zero-order chi connectivity index (χ0) is 25.6. The quantitative estimate of drug-likeness (QED) is 0.400. The van der Waals surface area contributed by atoms with Crippen LogP contribution < -0.4 is 4.74 Å². The van der Waals surface area contributed by atoms with Gasteiger partial charge < -0.3 is 23.6 Å². The maximum Gasteiger partial charge on any atom is 0.272 e. The summed E-state index contributed by atoms with van der Waals surface area (Å²) in [7, 11) is 0. The summed E-state index contributed by atoms with van der Waals surface area (Å²) < 4.78 is 12.8. The fourth-order valence-electron chi connectivity index (χ4n) is 5.55. The van der Waals surface area contributed by atoms with Crippen molar-refractivity contribution in [2.45, 2.75) is 32.5 Å². The highest BCUT2D eigenvalue weighted by Gasteiger charge is 2.56. The number of aromatic nitrogens is 3. The van der Waals surface area contributed by atoms with E-state index in [-0.39, 0.29) is 11.8 Å². The van der Waals surface area contributed by atoms with Crippen LogP contribution in [0.2, 0.25) is 0 Å². The topological polar surface area (TPSA) is 93.7 Å². The number of rotatable bonds is 6. The Hall–Kier alpha value is -4.40. The fourth-order valence-corrected chi connectivity index (χ4v) is 5.55. The second-order valence-corrected chi connectivity index (χ2v) is 9.19. The number of pyridine rings is 1. The van der Waals surface area contributed by atoms with Crippen LogP contribution in [0.4, 0.5) is 0 Å². The third kappa shape index (κ3) is 3.53. The van der Waals surface area contributed by atoms with Gasteiger partial charge in [-0.1, -0.05) is 24.2 Å². The lowest BCUT2D eigenvalue weighted by Crippen LogP contribution is -2.60. The van der Waals surface area contributed by atoms with Gasteiger partial charge in [-0.15, -0.1) is 0 Å². The lowest BCUT2D eigenvalue weighted by Gasteiger charge is -2.47. The SMILES string of the molecule is CCOc1ccc(C23Cn4cc(-c5ccncc5)cc4C(=O)N2CCN3C(=O)c2conc2CC)cc1. The molecule has 1 unspecified atom stereocenters. The van der Waals surface area contributed by atoms with Crippen molar-refractivity contribution in [3.8, 4) is 16.9 Å². The van der Waals surface area contributed by atoms with E-state index in [0.29, 0.717) is 49.6 Å². The van der Waals surface area contributed by atoms with E-state index >= 15 is 0 Å². The predicted octanol–water partition coefficient (Wildman–Crippen LogP) is 3.96. The van der Waals surface area contributed by atoms with E-state index in [0.717, 1.165) is 22.4 Å². The van der Waals surface area contributed by atoms with E-state index < -0.39 is 5.66 Å². The molecule has 0 bridgehead atoms. The molecule has 9 nitrogen and oxygen atoms in total. The molecule has 2 aliphatic heterocycles. The molecule has 1 saturated heterocycles. The Morgan fingerprint density at radius 3 is 2.59 bits per heavy atom.